The Kier molecular flexibility index (Phi) is 3.46. The first-order valence-corrected chi connectivity index (χ1v) is 5.75. The molecule has 6 heteroatoms. The number of anilines is 1. The van der Waals surface area contributed by atoms with Crippen LogP contribution in [-0.2, 0) is 0 Å². The molecule has 0 aliphatic carbocycles. The van der Waals surface area contributed by atoms with Crippen molar-refractivity contribution < 1.29 is 0 Å². The summed E-state index contributed by atoms with van der Waals surface area (Å²) in [6.07, 6.45) is 3.62. The Bertz CT molecular complexity index is 420. The van der Waals surface area contributed by atoms with Gasteiger partial charge in [0, 0.05) is 19.1 Å². The zero-order valence-electron chi connectivity index (χ0n) is 9.16. The first kappa shape index (κ1) is 11.4. The maximum absolute atomic E-state index is 11.4. The molecule has 0 bridgehead atoms. The number of likely N-dealkylation sites (N-methyl/N-ethyl adjacent to an activating group) is 1. The van der Waals surface area contributed by atoms with Crippen molar-refractivity contribution in [3.63, 3.8) is 0 Å². The highest BCUT2D eigenvalue weighted by molar-refractivity contribution is 6.32. The van der Waals surface area contributed by atoms with Crippen LogP contribution in [-0.4, -0.2) is 36.1 Å². The lowest BCUT2D eigenvalue weighted by Gasteiger charge is -2.33. The molecule has 16 heavy (non-hydrogen) atoms. The first-order valence-electron chi connectivity index (χ1n) is 5.37. The molecule has 1 aromatic rings. The summed E-state index contributed by atoms with van der Waals surface area (Å²) in [5, 5.41) is 3.42. The minimum absolute atomic E-state index is 0.180. The van der Waals surface area contributed by atoms with Crippen LogP contribution in [0.5, 0.6) is 0 Å². The van der Waals surface area contributed by atoms with Gasteiger partial charge < -0.3 is 15.2 Å². The Morgan fingerprint density at radius 1 is 1.69 bits per heavy atom. The average molecular weight is 243 g/mol. The SMILES string of the molecule is CNC1CCCN(c2nc[nH]c(=O)c2Cl)C1. The molecule has 1 aliphatic heterocycles. The summed E-state index contributed by atoms with van der Waals surface area (Å²) < 4.78 is 0. The molecule has 0 saturated carbocycles. The highest BCUT2D eigenvalue weighted by Gasteiger charge is 2.22. The molecule has 1 aromatic heterocycles. The molecule has 1 aliphatic rings. The molecule has 0 amide bonds. The van der Waals surface area contributed by atoms with Crippen LogP contribution in [0.25, 0.3) is 0 Å². The summed E-state index contributed by atoms with van der Waals surface area (Å²) in [5.74, 6) is 0.588. The highest BCUT2D eigenvalue weighted by Crippen LogP contribution is 2.22. The summed E-state index contributed by atoms with van der Waals surface area (Å²) in [7, 11) is 1.95. The van der Waals surface area contributed by atoms with Crippen molar-refractivity contribution in [3.05, 3.63) is 21.7 Å². The summed E-state index contributed by atoms with van der Waals surface area (Å²) in [6, 6.07) is 0.436. The van der Waals surface area contributed by atoms with Gasteiger partial charge in [-0.05, 0) is 19.9 Å². The second-order valence-electron chi connectivity index (χ2n) is 3.94. The van der Waals surface area contributed by atoms with E-state index in [1.165, 1.54) is 6.33 Å². The van der Waals surface area contributed by atoms with Crippen LogP contribution in [0.2, 0.25) is 5.02 Å². The van der Waals surface area contributed by atoms with Crippen molar-refractivity contribution >= 4 is 17.4 Å². The Morgan fingerprint density at radius 2 is 2.50 bits per heavy atom. The molecule has 1 unspecified atom stereocenters. The molecule has 2 N–H and O–H groups in total. The topological polar surface area (TPSA) is 61.0 Å². The molecular formula is C10H15ClN4O. The molecule has 1 saturated heterocycles. The minimum Gasteiger partial charge on any atom is -0.354 e. The van der Waals surface area contributed by atoms with E-state index < -0.39 is 0 Å². The number of H-pyrrole nitrogens is 1. The first-order chi connectivity index (χ1) is 7.72. The van der Waals surface area contributed by atoms with E-state index in [4.69, 9.17) is 11.6 Å². The summed E-state index contributed by atoms with van der Waals surface area (Å²) in [4.78, 5) is 20.0. The summed E-state index contributed by atoms with van der Waals surface area (Å²) >= 11 is 5.95. The Morgan fingerprint density at radius 3 is 3.25 bits per heavy atom. The lowest BCUT2D eigenvalue weighted by atomic mass is 10.1. The summed E-state index contributed by atoms with van der Waals surface area (Å²) in [6.45, 7) is 1.74. The third-order valence-corrected chi connectivity index (χ3v) is 3.25. The Hall–Kier alpha value is -1.07. The van der Waals surface area contributed by atoms with Gasteiger partial charge in [-0.1, -0.05) is 11.6 Å². The van der Waals surface area contributed by atoms with Crippen molar-refractivity contribution in [2.24, 2.45) is 0 Å². The van der Waals surface area contributed by atoms with Crippen LogP contribution in [0.1, 0.15) is 12.8 Å². The van der Waals surface area contributed by atoms with Crippen LogP contribution < -0.4 is 15.8 Å². The Balaban J connectivity index is 2.23. The van der Waals surface area contributed by atoms with E-state index in [9.17, 15) is 4.79 Å². The molecule has 2 rings (SSSR count). The second kappa shape index (κ2) is 4.84. The van der Waals surface area contributed by atoms with Gasteiger partial charge in [-0.3, -0.25) is 4.79 Å². The fourth-order valence-electron chi connectivity index (χ4n) is 2.00. The number of nitrogens with zero attached hydrogens (tertiary/aromatic N) is 2. The van der Waals surface area contributed by atoms with Gasteiger partial charge in [0.15, 0.2) is 5.82 Å². The molecule has 5 nitrogen and oxygen atoms in total. The zero-order chi connectivity index (χ0) is 11.5. The Labute approximate surface area is 98.8 Å². The van der Waals surface area contributed by atoms with Crippen molar-refractivity contribution in [3.8, 4) is 0 Å². The van der Waals surface area contributed by atoms with Gasteiger partial charge in [-0.2, -0.15) is 0 Å². The van der Waals surface area contributed by atoms with Crippen molar-refractivity contribution in [2.75, 3.05) is 25.0 Å². The van der Waals surface area contributed by atoms with Crippen LogP contribution in [0.3, 0.4) is 0 Å². The molecule has 1 atom stereocenters. The van der Waals surface area contributed by atoms with Gasteiger partial charge in [0.05, 0.1) is 6.33 Å². The third-order valence-electron chi connectivity index (χ3n) is 2.91. The predicted octanol–water partition coefficient (Wildman–Crippen LogP) is 0.611. The number of aromatic amines is 1. The van der Waals surface area contributed by atoms with Gasteiger partial charge in [-0.15, -0.1) is 0 Å². The normalized spacial score (nSPS) is 21.1. The van der Waals surface area contributed by atoms with Gasteiger partial charge in [0.1, 0.15) is 5.02 Å². The largest absolute Gasteiger partial charge is 0.354 e. The van der Waals surface area contributed by atoms with Crippen LogP contribution in [0.15, 0.2) is 11.1 Å². The number of nitrogens with one attached hydrogen (secondary N) is 2. The van der Waals surface area contributed by atoms with E-state index >= 15 is 0 Å². The molecule has 0 radical (unpaired) electrons. The molecule has 2 heterocycles. The van der Waals surface area contributed by atoms with E-state index in [0.29, 0.717) is 11.9 Å². The van der Waals surface area contributed by atoms with Crippen molar-refractivity contribution in [1.29, 1.82) is 0 Å². The number of piperidine rings is 1. The van der Waals surface area contributed by atoms with E-state index in [1.54, 1.807) is 0 Å². The van der Waals surface area contributed by atoms with E-state index in [-0.39, 0.29) is 10.6 Å². The zero-order valence-corrected chi connectivity index (χ0v) is 9.92. The molecule has 0 aromatic carbocycles. The molecule has 88 valence electrons. The van der Waals surface area contributed by atoms with Crippen LogP contribution >= 0.6 is 11.6 Å². The fourth-order valence-corrected chi connectivity index (χ4v) is 2.22. The number of hydrogen-bond donors (Lipinski definition) is 2. The van der Waals surface area contributed by atoms with Crippen molar-refractivity contribution in [1.82, 2.24) is 15.3 Å². The standard InChI is InChI=1S/C10H15ClN4O/c1-12-7-3-2-4-15(5-7)9-8(11)10(16)14-6-13-9/h6-7,12H,2-5H2,1H3,(H,13,14,16). The maximum Gasteiger partial charge on any atom is 0.271 e. The molecule has 1 fully saturated rings. The van der Waals surface area contributed by atoms with E-state index in [2.05, 4.69) is 20.2 Å². The van der Waals surface area contributed by atoms with Gasteiger partial charge >= 0.3 is 0 Å². The van der Waals surface area contributed by atoms with Crippen molar-refractivity contribution in [2.45, 2.75) is 18.9 Å². The fraction of sp³-hybridized carbons (Fsp3) is 0.600. The second-order valence-corrected chi connectivity index (χ2v) is 4.32. The third kappa shape index (κ3) is 2.20. The quantitative estimate of drug-likeness (QED) is 0.798. The lowest BCUT2D eigenvalue weighted by Crippen LogP contribution is -2.45. The van der Waals surface area contributed by atoms with Crippen LogP contribution in [0, 0.1) is 0 Å². The monoisotopic (exact) mass is 242 g/mol. The highest BCUT2D eigenvalue weighted by atomic mass is 35.5. The average Bonchev–Trinajstić information content (AvgIpc) is 2.33. The van der Waals surface area contributed by atoms with Gasteiger partial charge in [-0.25, -0.2) is 4.98 Å². The minimum atomic E-state index is -0.279. The molecular weight excluding hydrogens is 228 g/mol. The smallest absolute Gasteiger partial charge is 0.271 e. The van der Waals surface area contributed by atoms with Crippen LogP contribution in [0.4, 0.5) is 5.82 Å². The van der Waals surface area contributed by atoms with Gasteiger partial charge in [0.25, 0.3) is 5.56 Å². The van der Waals surface area contributed by atoms with Gasteiger partial charge in [0.2, 0.25) is 0 Å². The van der Waals surface area contributed by atoms with E-state index in [0.717, 1.165) is 25.9 Å². The number of rotatable bonds is 2. The number of hydrogen-bond acceptors (Lipinski definition) is 4. The lowest BCUT2D eigenvalue weighted by molar-refractivity contribution is 0.447. The number of aromatic nitrogens is 2. The molecule has 0 spiro atoms. The maximum atomic E-state index is 11.4. The predicted molar refractivity (Wildman–Crippen MR) is 64.2 cm³/mol. The van der Waals surface area contributed by atoms with E-state index in [1.807, 2.05) is 7.05 Å². The number of halogens is 1. The summed E-state index contributed by atoms with van der Waals surface area (Å²) in [5.41, 5.74) is -0.279.